The molecule has 20 heavy (non-hydrogen) atoms. The maximum atomic E-state index is 12.4. The van der Waals surface area contributed by atoms with Gasteiger partial charge in [0.2, 0.25) is 10.0 Å². The number of sulfonamides is 1. The molecular weight excluding hydrogens is 276 g/mol. The zero-order valence-electron chi connectivity index (χ0n) is 11.7. The van der Waals surface area contributed by atoms with Crippen LogP contribution < -0.4 is 10.5 Å². The van der Waals surface area contributed by atoms with E-state index in [1.54, 1.807) is 50.0 Å². The molecule has 2 aromatic rings. The van der Waals surface area contributed by atoms with E-state index >= 15 is 0 Å². The van der Waals surface area contributed by atoms with E-state index in [1.165, 1.54) is 0 Å². The molecule has 7 heteroatoms. The lowest BCUT2D eigenvalue weighted by atomic mass is 10.1. The summed E-state index contributed by atoms with van der Waals surface area (Å²) in [6.07, 6.45) is 1.76. The smallest absolute Gasteiger partial charge is 0.241 e. The first-order valence-corrected chi connectivity index (χ1v) is 7.63. The fraction of sp³-hybridized carbons (Fsp3) is 0.308. The van der Waals surface area contributed by atoms with Crippen LogP contribution in [-0.4, -0.2) is 18.2 Å². The third-order valence-electron chi connectivity index (χ3n) is 3.13. The number of nitrogens with two attached hydrogens (primary N) is 1. The van der Waals surface area contributed by atoms with Crippen molar-refractivity contribution in [2.24, 2.45) is 7.05 Å². The van der Waals surface area contributed by atoms with Crippen LogP contribution in [0.3, 0.4) is 0 Å². The van der Waals surface area contributed by atoms with Crippen LogP contribution in [0.15, 0.2) is 29.3 Å². The molecular formula is C13H18N4O2S. The molecule has 0 aliphatic rings. The topological polar surface area (TPSA) is 90.0 Å². The van der Waals surface area contributed by atoms with Crippen LogP contribution in [0.1, 0.15) is 16.8 Å². The van der Waals surface area contributed by atoms with Crippen LogP contribution in [0.4, 0.5) is 5.69 Å². The standard InChI is InChI=1S/C13H18N4O2S/c1-9-4-5-12(14)10(2)13(9)20(18,19)15-8-11-6-7-17(3)16-11/h4-7,15H,8,14H2,1-3H3. The Morgan fingerprint density at radius 3 is 2.60 bits per heavy atom. The summed E-state index contributed by atoms with van der Waals surface area (Å²) in [7, 11) is -1.83. The Bertz CT molecular complexity index is 735. The molecule has 1 aromatic heterocycles. The summed E-state index contributed by atoms with van der Waals surface area (Å²) in [6.45, 7) is 3.61. The minimum Gasteiger partial charge on any atom is -0.398 e. The van der Waals surface area contributed by atoms with Crippen LogP contribution in [0, 0.1) is 13.8 Å². The second-order valence-corrected chi connectivity index (χ2v) is 6.43. The molecule has 0 unspecified atom stereocenters. The van der Waals surface area contributed by atoms with E-state index < -0.39 is 10.0 Å². The fourth-order valence-electron chi connectivity index (χ4n) is 2.05. The van der Waals surface area contributed by atoms with Crippen molar-refractivity contribution in [3.63, 3.8) is 0 Å². The molecule has 6 nitrogen and oxygen atoms in total. The lowest BCUT2D eigenvalue weighted by Crippen LogP contribution is -2.25. The Morgan fingerprint density at radius 2 is 2.00 bits per heavy atom. The quantitative estimate of drug-likeness (QED) is 0.826. The first kappa shape index (κ1) is 14.5. The molecule has 1 heterocycles. The van der Waals surface area contributed by atoms with Gasteiger partial charge in [0.1, 0.15) is 0 Å². The highest BCUT2D eigenvalue weighted by Gasteiger charge is 2.20. The van der Waals surface area contributed by atoms with Gasteiger partial charge in [-0.2, -0.15) is 5.10 Å². The highest BCUT2D eigenvalue weighted by molar-refractivity contribution is 7.89. The molecule has 0 atom stereocenters. The van der Waals surface area contributed by atoms with E-state index in [1.807, 2.05) is 0 Å². The SMILES string of the molecule is Cc1ccc(N)c(C)c1S(=O)(=O)NCc1ccn(C)n1. The summed E-state index contributed by atoms with van der Waals surface area (Å²) in [5, 5.41) is 4.13. The second kappa shape index (κ2) is 5.26. The highest BCUT2D eigenvalue weighted by atomic mass is 32.2. The molecule has 0 saturated heterocycles. The van der Waals surface area contributed by atoms with Crippen molar-refractivity contribution in [3.05, 3.63) is 41.2 Å². The average Bonchev–Trinajstić information content (AvgIpc) is 2.78. The molecule has 0 saturated carbocycles. The van der Waals surface area contributed by atoms with Gasteiger partial charge in [-0.05, 0) is 37.1 Å². The molecule has 0 spiro atoms. The highest BCUT2D eigenvalue weighted by Crippen LogP contribution is 2.24. The Balaban J connectivity index is 2.29. The number of nitrogen functional groups attached to an aromatic ring is 1. The van der Waals surface area contributed by atoms with Gasteiger partial charge in [0.25, 0.3) is 0 Å². The van der Waals surface area contributed by atoms with Crippen molar-refractivity contribution in [1.82, 2.24) is 14.5 Å². The first-order valence-electron chi connectivity index (χ1n) is 6.15. The number of rotatable bonds is 4. The van der Waals surface area contributed by atoms with Gasteiger partial charge < -0.3 is 5.73 Å². The summed E-state index contributed by atoms with van der Waals surface area (Å²) in [5.41, 5.74) is 8.16. The lowest BCUT2D eigenvalue weighted by molar-refractivity contribution is 0.578. The molecule has 0 amide bonds. The summed E-state index contributed by atoms with van der Waals surface area (Å²) in [5.74, 6) is 0. The maximum Gasteiger partial charge on any atom is 0.241 e. The molecule has 0 aliphatic carbocycles. The van der Waals surface area contributed by atoms with Gasteiger partial charge in [0.15, 0.2) is 0 Å². The van der Waals surface area contributed by atoms with Crippen molar-refractivity contribution in [1.29, 1.82) is 0 Å². The molecule has 108 valence electrons. The summed E-state index contributed by atoms with van der Waals surface area (Å²) in [4.78, 5) is 0.244. The predicted octanol–water partition coefficient (Wildman–Crippen LogP) is 1.10. The summed E-state index contributed by atoms with van der Waals surface area (Å²) in [6, 6.07) is 5.18. The zero-order chi connectivity index (χ0) is 14.9. The molecule has 3 N–H and O–H groups in total. The number of hydrogen-bond donors (Lipinski definition) is 2. The third-order valence-corrected chi connectivity index (χ3v) is 4.82. The Hall–Kier alpha value is -1.86. The number of aryl methyl sites for hydroxylation is 2. The van der Waals surface area contributed by atoms with Crippen molar-refractivity contribution in [2.75, 3.05) is 5.73 Å². The molecule has 2 rings (SSSR count). The van der Waals surface area contributed by atoms with Crippen LogP contribution >= 0.6 is 0 Å². The van der Waals surface area contributed by atoms with Crippen molar-refractivity contribution in [2.45, 2.75) is 25.3 Å². The normalized spacial score (nSPS) is 11.8. The van der Waals surface area contributed by atoms with Gasteiger partial charge in [-0.25, -0.2) is 13.1 Å². The second-order valence-electron chi connectivity index (χ2n) is 4.73. The van der Waals surface area contributed by atoms with Crippen molar-refractivity contribution >= 4 is 15.7 Å². The predicted molar refractivity (Wildman–Crippen MR) is 77.6 cm³/mol. The largest absolute Gasteiger partial charge is 0.398 e. The van der Waals surface area contributed by atoms with Crippen LogP contribution in [0.5, 0.6) is 0 Å². The van der Waals surface area contributed by atoms with Gasteiger partial charge >= 0.3 is 0 Å². The molecule has 0 fully saturated rings. The van der Waals surface area contributed by atoms with E-state index in [9.17, 15) is 8.42 Å². The minimum absolute atomic E-state index is 0.150. The van der Waals surface area contributed by atoms with Gasteiger partial charge in [-0.3, -0.25) is 4.68 Å². The number of benzene rings is 1. The third kappa shape index (κ3) is 2.83. The first-order chi connectivity index (χ1) is 9.31. The fourth-order valence-corrected chi connectivity index (χ4v) is 3.55. The molecule has 1 aromatic carbocycles. The number of hydrogen-bond acceptors (Lipinski definition) is 4. The van der Waals surface area contributed by atoms with Gasteiger partial charge in [0.05, 0.1) is 17.1 Å². The number of nitrogens with one attached hydrogen (secondary N) is 1. The van der Waals surface area contributed by atoms with Gasteiger partial charge in [-0.15, -0.1) is 0 Å². The van der Waals surface area contributed by atoms with Crippen molar-refractivity contribution in [3.8, 4) is 0 Å². The minimum atomic E-state index is -3.61. The molecule has 0 aliphatic heterocycles. The van der Waals surface area contributed by atoms with Crippen LogP contribution in [0.25, 0.3) is 0 Å². The maximum absolute atomic E-state index is 12.4. The zero-order valence-corrected chi connectivity index (χ0v) is 12.5. The van der Waals surface area contributed by atoms with Crippen LogP contribution in [-0.2, 0) is 23.6 Å². The summed E-state index contributed by atoms with van der Waals surface area (Å²) < 4.78 is 29.0. The van der Waals surface area contributed by atoms with E-state index in [-0.39, 0.29) is 11.4 Å². The average molecular weight is 294 g/mol. The molecule has 0 radical (unpaired) electrons. The van der Waals surface area contributed by atoms with Gasteiger partial charge in [-0.1, -0.05) is 6.07 Å². The van der Waals surface area contributed by atoms with E-state index in [0.29, 0.717) is 22.5 Å². The Kier molecular flexibility index (Phi) is 3.82. The Labute approximate surface area is 118 Å². The van der Waals surface area contributed by atoms with E-state index in [0.717, 1.165) is 0 Å². The number of anilines is 1. The Morgan fingerprint density at radius 1 is 1.30 bits per heavy atom. The number of nitrogens with zero attached hydrogens (tertiary/aromatic N) is 2. The lowest BCUT2D eigenvalue weighted by Gasteiger charge is -2.13. The van der Waals surface area contributed by atoms with E-state index in [2.05, 4.69) is 9.82 Å². The van der Waals surface area contributed by atoms with E-state index in [4.69, 9.17) is 5.73 Å². The number of aromatic nitrogens is 2. The van der Waals surface area contributed by atoms with Crippen LogP contribution in [0.2, 0.25) is 0 Å². The molecule has 0 bridgehead atoms. The monoisotopic (exact) mass is 294 g/mol. The summed E-state index contributed by atoms with van der Waals surface area (Å²) >= 11 is 0. The van der Waals surface area contributed by atoms with Crippen molar-refractivity contribution < 1.29 is 8.42 Å². The van der Waals surface area contributed by atoms with Gasteiger partial charge in [0, 0.05) is 18.9 Å².